The second kappa shape index (κ2) is 7.50. The lowest BCUT2D eigenvalue weighted by molar-refractivity contribution is -0.147. The summed E-state index contributed by atoms with van der Waals surface area (Å²) in [6.07, 6.45) is 9.74. The number of hydrogen-bond donors (Lipinski definition) is 1. The zero-order valence-corrected chi connectivity index (χ0v) is 15.9. The molecule has 2 aliphatic heterocycles. The van der Waals surface area contributed by atoms with Gasteiger partial charge in [-0.2, -0.15) is 0 Å². The summed E-state index contributed by atoms with van der Waals surface area (Å²) in [4.78, 5) is 27.5. The van der Waals surface area contributed by atoms with E-state index in [1.807, 2.05) is 11.0 Å². The molecule has 6 nitrogen and oxygen atoms in total. The molecule has 2 saturated heterocycles. The molecule has 4 atom stereocenters. The summed E-state index contributed by atoms with van der Waals surface area (Å²) in [6.45, 7) is 3.82. The Morgan fingerprint density at radius 3 is 3.00 bits per heavy atom. The van der Waals surface area contributed by atoms with Crippen LogP contribution in [0.25, 0.3) is 0 Å². The first kappa shape index (κ1) is 18.3. The van der Waals surface area contributed by atoms with Gasteiger partial charge < -0.3 is 19.4 Å². The fourth-order valence-corrected chi connectivity index (χ4v) is 4.53. The molecule has 27 heavy (non-hydrogen) atoms. The van der Waals surface area contributed by atoms with Crippen molar-refractivity contribution in [2.24, 2.45) is 11.3 Å². The third kappa shape index (κ3) is 3.81. The van der Waals surface area contributed by atoms with Crippen LogP contribution in [-0.4, -0.2) is 42.0 Å². The fourth-order valence-electron chi connectivity index (χ4n) is 4.53. The lowest BCUT2D eigenvalue weighted by Crippen LogP contribution is -2.50. The number of hydrogen-bond acceptors (Lipinski definition) is 4. The highest BCUT2D eigenvalue weighted by Crippen LogP contribution is 2.38. The molecule has 0 aromatic carbocycles. The summed E-state index contributed by atoms with van der Waals surface area (Å²) in [5.41, 5.74) is -0.292. The summed E-state index contributed by atoms with van der Waals surface area (Å²) in [6, 6.07) is 3.64. The first-order valence-electron chi connectivity index (χ1n) is 9.95. The zero-order chi connectivity index (χ0) is 18.9. The maximum atomic E-state index is 13.1. The van der Waals surface area contributed by atoms with E-state index in [0.717, 1.165) is 44.4 Å². The number of ether oxygens (including phenoxy) is 1. The molecular weight excluding hydrogens is 344 g/mol. The summed E-state index contributed by atoms with van der Waals surface area (Å²) >= 11 is 0. The van der Waals surface area contributed by atoms with Crippen LogP contribution in [-0.2, 0) is 20.9 Å². The SMILES string of the molecule is CC1(C(=O)N2CC[C@H]3C[C@@H](C(=O)NCc4ccco4)O[C@@H]3C2)CC=CCC1. The van der Waals surface area contributed by atoms with E-state index in [0.29, 0.717) is 19.0 Å². The van der Waals surface area contributed by atoms with Crippen LogP contribution in [0.2, 0.25) is 0 Å². The number of carbonyl (C=O) groups excluding carboxylic acids is 2. The normalized spacial score (nSPS) is 32.9. The van der Waals surface area contributed by atoms with Gasteiger partial charge in [-0.05, 0) is 50.2 Å². The van der Waals surface area contributed by atoms with E-state index in [1.165, 1.54) is 0 Å². The quantitative estimate of drug-likeness (QED) is 0.825. The van der Waals surface area contributed by atoms with Gasteiger partial charge in [-0.3, -0.25) is 9.59 Å². The highest BCUT2D eigenvalue weighted by molar-refractivity contribution is 5.83. The monoisotopic (exact) mass is 372 g/mol. The van der Waals surface area contributed by atoms with Gasteiger partial charge in [0.15, 0.2) is 0 Å². The van der Waals surface area contributed by atoms with Crippen LogP contribution in [0, 0.1) is 11.3 Å². The van der Waals surface area contributed by atoms with Gasteiger partial charge in [0.25, 0.3) is 0 Å². The minimum absolute atomic E-state index is 0.0372. The molecule has 6 heteroatoms. The smallest absolute Gasteiger partial charge is 0.249 e. The molecule has 3 aliphatic rings. The van der Waals surface area contributed by atoms with Gasteiger partial charge in [0.2, 0.25) is 11.8 Å². The number of piperidine rings is 1. The molecule has 2 amide bonds. The lowest BCUT2D eigenvalue weighted by atomic mass is 9.77. The highest BCUT2D eigenvalue weighted by Gasteiger charge is 2.45. The molecular formula is C21H28N2O4. The molecule has 146 valence electrons. The molecule has 4 rings (SSSR count). The molecule has 2 fully saturated rings. The van der Waals surface area contributed by atoms with Gasteiger partial charge in [-0.25, -0.2) is 0 Å². The van der Waals surface area contributed by atoms with E-state index >= 15 is 0 Å². The number of amides is 2. The van der Waals surface area contributed by atoms with Crippen molar-refractivity contribution in [1.82, 2.24) is 10.2 Å². The Labute approximate surface area is 159 Å². The van der Waals surface area contributed by atoms with E-state index < -0.39 is 6.10 Å². The number of rotatable bonds is 4. The van der Waals surface area contributed by atoms with Crippen LogP contribution in [0.15, 0.2) is 35.0 Å². The van der Waals surface area contributed by atoms with Crippen molar-refractivity contribution in [1.29, 1.82) is 0 Å². The van der Waals surface area contributed by atoms with Crippen LogP contribution in [0.4, 0.5) is 0 Å². The van der Waals surface area contributed by atoms with Crippen molar-refractivity contribution < 1.29 is 18.7 Å². The number of nitrogens with zero attached hydrogens (tertiary/aromatic N) is 1. The first-order valence-corrected chi connectivity index (χ1v) is 9.95. The van der Waals surface area contributed by atoms with Gasteiger partial charge in [-0.15, -0.1) is 0 Å². The number of likely N-dealkylation sites (tertiary alicyclic amines) is 1. The number of nitrogens with one attached hydrogen (secondary N) is 1. The van der Waals surface area contributed by atoms with Crippen molar-refractivity contribution in [2.45, 2.75) is 57.8 Å². The Hall–Kier alpha value is -2.08. The first-order chi connectivity index (χ1) is 13.0. The lowest BCUT2D eigenvalue weighted by Gasteiger charge is -2.40. The molecule has 1 aromatic rings. The maximum absolute atomic E-state index is 13.1. The number of furan rings is 1. The predicted octanol–water partition coefficient (Wildman–Crippen LogP) is 2.65. The van der Waals surface area contributed by atoms with Gasteiger partial charge in [0, 0.05) is 13.1 Å². The van der Waals surface area contributed by atoms with Crippen molar-refractivity contribution in [3.63, 3.8) is 0 Å². The van der Waals surface area contributed by atoms with Crippen LogP contribution in [0.1, 0.15) is 44.8 Å². The molecule has 1 aromatic heterocycles. The summed E-state index contributed by atoms with van der Waals surface area (Å²) in [7, 11) is 0. The molecule has 1 N–H and O–H groups in total. The molecule has 0 saturated carbocycles. The van der Waals surface area contributed by atoms with Crippen molar-refractivity contribution in [3.8, 4) is 0 Å². The van der Waals surface area contributed by atoms with Crippen molar-refractivity contribution in [3.05, 3.63) is 36.3 Å². The third-order valence-electron chi connectivity index (χ3n) is 6.26. The maximum Gasteiger partial charge on any atom is 0.249 e. The number of allylic oxidation sites excluding steroid dienone is 2. The zero-order valence-electron chi connectivity index (χ0n) is 15.9. The second-order valence-corrected chi connectivity index (χ2v) is 8.27. The summed E-state index contributed by atoms with van der Waals surface area (Å²) in [5.74, 6) is 1.22. The van der Waals surface area contributed by atoms with Crippen molar-refractivity contribution in [2.75, 3.05) is 13.1 Å². The van der Waals surface area contributed by atoms with E-state index in [4.69, 9.17) is 9.15 Å². The Morgan fingerprint density at radius 1 is 1.37 bits per heavy atom. The van der Waals surface area contributed by atoms with E-state index in [2.05, 4.69) is 24.4 Å². The predicted molar refractivity (Wildman–Crippen MR) is 99.6 cm³/mol. The second-order valence-electron chi connectivity index (χ2n) is 8.27. The van der Waals surface area contributed by atoms with E-state index in [9.17, 15) is 9.59 Å². The molecule has 1 unspecified atom stereocenters. The average molecular weight is 372 g/mol. The Morgan fingerprint density at radius 2 is 2.26 bits per heavy atom. The minimum atomic E-state index is -0.432. The van der Waals surface area contributed by atoms with Crippen LogP contribution >= 0.6 is 0 Å². The van der Waals surface area contributed by atoms with Crippen LogP contribution < -0.4 is 5.32 Å². The Kier molecular flexibility index (Phi) is 5.08. The molecule has 0 radical (unpaired) electrons. The number of carbonyl (C=O) groups is 2. The highest BCUT2D eigenvalue weighted by atomic mass is 16.5. The largest absolute Gasteiger partial charge is 0.467 e. The summed E-state index contributed by atoms with van der Waals surface area (Å²) < 4.78 is 11.3. The molecule has 0 bridgehead atoms. The van der Waals surface area contributed by atoms with Gasteiger partial charge in [-0.1, -0.05) is 19.1 Å². The van der Waals surface area contributed by atoms with E-state index in [1.54, 1.807) is 12.3 Å². The summed E-state index contributed by atoms with van der Waals surface area (Å²) in [5, 5.41) is 2.88. The van der Waals surface area contributed by atoms with Gasteiger partial charge in [0.1, 0.15) is 11.9 Å². The fraction of sp³-hybridized carbons (Fsp3) is 0.619. The standard InChI is InChI=1S/C21H28N2O4/c1-21(8-3-2-4-9-21)20(25)23-10-7-15-12-17(27-18(15)14-23)19(24)22-13-16-6-5-11-26-16/h2-3,5-6,11,15,17-18H,4,7-10,12-14H2,1H3,(H,22,24)/t15-,17-,18+,21?/m0/s1. The van der Waals surface area contributed by atoms with Gasteiger partial charge in [0.05, 0.1) is 24.3 Å². The Balaban J connectivity index is 1.32. The molecule has 1 aliphatic carbocycles. The third-order valence-corrected chi connectivity index (χ3v) is 6.26. The molecule has 0 spiro atoms. The van der Waals surface area contributed by atoms with E-state index in [-0.39, 0.29) is 23.3 Å². The topological polar surface area (TPSA) is 71.8 Å². The average Bonchev–Trinajstić information content (AvgIpc) is 3.35. The van der Waals surface area contributed by atoms with Gasteiger partial charge >= 0.3 is 0 Å². The van der Waals surface area contributed by atoms with Crippen molar-refractivity contribution >= 4 is 11.8 Å². The van der Waals surface area contributed by atoms with Crippen LogP contribution in [0.3, 0.4) is 0 Å². The number of fused-ring (bicyclic) bond motifs is 1. The minimum Gasteiger partial charge on any atom is -0.467 e. The Bertz CT molecular complexity index is 714. The van der Waals surface area contributed by atoms with Crippen LogP contribution in [0.5, 0.6) is 0 Å². The molecule has 3 heterocycles.